The normalized spacial score (nSPS) is 12.5. The Labute approximate surface area is 103 Å². The zero-order valence-electron chi connectivity index (χ0n) is 10.5. The Morgan fingerprint density at radius 2 is 1.82 bits per heavy atom. The lowest BCUT2D eigenvalue weighted by Gasteiger charge is -2.20. The van der Waals surface area contributed by atoms with Crippen molar-refractivity contribution in [3.8, 4) is 0 Å². The minimum Gasteiger partial charge on any atom is -0.394 e. The smallest absolute Gasteiger partial charge is 0.223 e. The fourth-order valence-electron chi connectivity index (χ4n) is 1.87. The van der Waals surface area contributed by atoms with Gasteiger partial charge in [0.1, 0.15) is 0 Å². The van der Waals surface area contributed by atoms with E-state index >= 15 is 0 Å². The van der Waals surface area contributed by atoms with Crippen LogP contribution in [0.2, 0.25) is 0 Å². The molecule has 94 valence electrons. The van der Waals surface area contributed by atoms with E-state index < -0.39 is 0 Å². The van der Waals surface area contributed by atoms with Crippen LogP contribution in [-0.4, -0.2) is 17.6 Å². The molecule has 0 aliphatic rings. The third-order valence-electron chi connectivity index (χ3n) is 3.06. The number of carbonyl (C=O) groups is 1. The zero-order chi connectivity index (χ0) is 12.7. The first-order valence-corrected chi connectivity index (χ1v) is 6.19. The van der Waals surface area contributed by atoms with Gasteiger partial charge in [0.15, 0.2) is 0 Å². The van der Waals surface area contributed by atoms with E-state index in [0.29, 0.717) is 0 Å². The average Bonchev–Trinajstić information content (AvgIpc) is 2.38. The Balaban J connectivity index is 2.68. The van der Waals surface area contributed by atoms with Crippen LogP contribution in [0, 0.1) is 5.92 Å². The summed E-state index contributed by atoms with van der Waals surface area (Å²) in [5, 5.41) is 12.2. The molecule has 0 heterocycles. The van der Waals surface area contributed by atoms with Gasteiger partial charge in [-0.05, 0) is 18.4 Å². The second-order valence-electron chi connectivity index (χ2n) is 4.17. The molecular formula is C14H21NO2. The number of benzene rings is 1. The Morgan fingerprint density at radius 3 is 2.29 bits per heavy atom. The molecule has 1 atom stereocenters. The Morgan fingerprint density at radius 1 is 1.24 bits per heavy atom. The molecule has 17 heavy (non-hydrogen) atoms. The lowest BCUT2D eigenvalue weighted by atomic mass is 10.0. The minimum atomic E-state index is -0.302. The van der Waals surface area contributed by atoms with E-state index in [1.165, 1.54) is 0 Å². The summed E-state index contributed by atoms with van der Waals surface area (Å²) >= 11 is 0. The summed E-state index contributed by atoms with van der Waals surface area (Å²) in [5.74, 6) is 0.0608. The first-order chi connectivity index (χ1) is 8.22. The van der Waals surface area contributed by atoms with Crippen LogP contribution < -0.4 is 5.32 Å². The van der Waals surface area contributed by atoms with Crippen LogP contribution in [0.5, 0.6) is 0 Å². The van der Waals surface area contributed by atoms with Crippen molar-refractivity contribution in [2.45, 2.75) is 32.7 Å². The van der Waals surface area contributed by atoms with Gasteiger partial charge in [-0.25, -0.2) is 0 Å². The first-order valence-electron chi connectivity index (χ1n) is 6.19. The monoisotopic (exact) mass is 235 g/mol. The van der Waals surface area contributed by atoms with Crippen LogP contribution in [0.1, 0.15) is 38.3 Å². The molecule has 0 saturated heterocycles. The third kappa shape index (κ3) is 3.86. The van der Waals surface area contributed by atoms with E-state index in [0.717, 1.165) is 18.4 Å². The Bertz CT molecular complexity index is 333. The van der Waals surface area contributed by atoms with Gasteiger partial charge < -0.3 is 10.4 Å². The van der Waals surface area contributed by atoms with Crippen molar-refractivity contribution in [3.05, 3.63) is 35.9 Å². The summed E-state index contributed by atoms with van der Waals surface area (Å²) in [4.78, 5) is 11.9. The van der Waals surface area contributed by atoms with Crippen LogP contribution in [0.25, 0.3) is 0 Å². The number of aliphatic hydroxyl groups is 1. The van der Waals surface area contributed by atoms with Crippen LogP contribution in [0.4, 0.5) is 0 Å². The largest absolute Gasteiger partial charge is 0.394 e. The van der Waals surface area contributed by atoms with E-state index in [2.05, 4.69) is 5.32 Å². The van der Waals surface area contributed by atoms with Crippen molar-refractivity contribution < 1.29 is 9.90 Å². The fraction of sp³-hybridized carbons (Fsp3) is 0.500. The highest BCUT2D eigenvalue weighted by Crippen LogP contribution is 2.14. The van der Waals surface area contributed by atoms with Gasteiger partial charge in [0.05, 0.1) is 12.6 Å². The highest BCUT2D eigenvalue weighted by atomic mass is 16.3. The number of carbonyl (C=O) groups excluding carboxylic acids is 1. The van der Waals surface area contributed by atoms with Crippen LogP contribution in [-0.2, 0) is 4.79 Å². The molecule has 3 nitrogen and oxygen atoms in total. The van der Waals surface area contributed by atoms with Crippen molar-refractivity contribution in [1.29, 1.82) is 0 Å². The molecular weight excluding hydrogens is 214 g/mol. The van der Waals surface area contributed by atoms with Crippen molar-refractivity contribution in [1.82, 2.24) is 5.32 Å². The number of amides is 1. The van der Waals surface area contributed by atoms with Crippen molar-refractivity contribution in [2.75, 3.05) is 6.61 Å². The summed E-state index contributed by atoms with van der Waals surface area (Å²) in [6.45, 7) is 3.93. The summed E-state index contributed by atoms with van der Waals surface area (Å²) < 4.78 is 0. The van der Waals surface area contributed by atoms with Gasteiger partial charge in [-0.15, -0.1) is 0 Å². The lowest BCUT2D eigenvalue weighted by molar-refractivity contribution is -0.126. The van der Waals surface area contributed by atoms with E-state index in [1.54, 1.807) is 0 Å². The number of hydrogen-bond donors (Lipinski definition) is 2. The minimum absolute atomic E-state index is 0.0258. The number of hydrogen-bond acceptors (Lipinski definition) is 2. The van der Waals surface area contributed by atoms with Crippen molar-refractivity contribution >= 4 is 5.91 Å². The molecule has 3 heteroatoms. The second-order valence-corrected chi connectivity index (χ2v) is 4.17. The molecule has 1 unspecified atom stereocenters. The van der Waals surface area contributed by atoms with Gasteiger partial charge in [0.2, 0.25) is 5.91 Å². The Kier molecular flexibility index (Phi) is 5.70. The summed E-state index contributed by atoms with van der Waals surface area (Å²) in [5.41, 5.74) is 0.939. The number of rotatable bonds is 6. The molecule has 1 amide bonds. The second kappa shape index (κ2) is 7.07. The quantitative estimate of drug-likeness (QED) is 0.794. The van der Waals surface area contributed by atoms with Gasteiger partial charge in [-0.3, -0.25) is 4.79 Å². The van der Waals surface area contributed by atoms with Crippen molar-refractivity contribution in [2.24, 2.45) is 5.92 Å². The SMILES string of the molecule is CCC(CC)C(=O)NC(CO)c1ccccc1. The van der Waals surface area contributed by atoms with E-state index in [-0.39, 0.29) is 24.5 Å². The highest BCUT2D eigenvalue weighted by molar-refractivity contribution is 5.79. The van der Waals surface area contributed by atoms with Gasteiger partial charge in [0, 0.05) is 5.92 Å². The molecule has 2 N–H and O–H groups in total. The number of nitrogens with one attached hydrogen (secondary N) is 1. The van der Waals surface area contributed by atoms with Gasteiger partial charge >= 0.3 is 0 Å². The summed E-state index contributed by atoms with van der Waals surface area (Å²) in [6, 6.07) is 9.25. The molecule has 1 aromatic rings. The number of aliphatic hydroxyl groups excluding tert-OH is 1. The van der Waals surface area contributed by atoms with Crippen LogP contribution in [0.15, 0.2) is 30.3 Å². The lowest BCUT2D eigenvalue weighted by Crippen LogP contribution is -2.35. The Hall–Kier alpha value is -1.35. The maximum absolute atomic E-state index is 11.9. The van der Waals surface area contributed by atoms with E-state index in [9.17, 15) is 9.90 Å². The standard InChI is InChI=1S/C14H21NO2/c1-3-11(4-2)14(17)15-13(10-16)12-8-6-5-7-9-12/h5-9,11,13,16H,3-4,10H2,1-2H3,(H,15,17). The molecule has 1 aromatic carbocycles. The zero-order valence-corrected chi connectivity index (χ0v) is 10.5. The van der Waals surface area contributed by atoms with Gasteiger partial charge in [0.25, 0.3) is 0 Å². The molecule has 0 bridgehead atoms. The average molecular weight is 235 g/mol. The maximum Gasteiger partial charge on any atom is 0.223 e. The molecule has 0 spiro atoms. The topological polar surface area (TPSA) is 49.3 Å². The third-order valence-corrected chi connectivity index (χ3v) is 3.06. The molecule has 0 fully saturated rings. The molecule has 0 saturated carbocycles. The molecule has 1 rings (SSSR count). The molecule has 0 aliphatic carbocycles. The summed E-state index contributed by atoms with van der Waals surface area (Å²) in [6.07, 6.45) is 1.66. The van der Waals surface area contributed by atoms with Crippen LogP contribution >= 0.6 is 0 Å². The summed E-state index contributed by atoms with van der Waals surface area (Å²) in [7, 11) is 0. The molecule has 0 aromatic heterocycles. The van der Waals surface area contributed by atoms with Crippen LogP contribution in [0.3, 0.4) is 0 Å². The van der Waals surface area contributed by atoms with Gasteiger partial charge in [-0.1, -0.05) is 44.2 Å². The highest BCUT2D eigenvalue weighted by Gasteiger charge is 2.18. The maximum atomic E-state index is 11.9. The molecule has 0 aliphatic heterocycles. The van der Waals surface area contributed by atoms with Gasteiger partial charge in [-0.2, -0.15) is 0 Å². The van der Waals surface area contributed by atoms with Crippen molar-refractivity contribution in [3.63, 3.8) is 0 Å². The first kappa shape index (κ1) is 13.7. The predicted octanol–water partition coefficient (Wildman–Crippen LogP) is 2.27. The molecule has 0 radical (unpaired) electrons. The predicted molar refractivity (Wildman–Crippen MR) is 68.5 cm³/mol. The van der Waals surface area contributed by atoms with E-state index in [4.69, 9.17) is 0 Å². The van der Waals surface area contributed by atoms with E-state index in [1.807, 2.05) is 44.2 Å². The fourth-order valence-corrected chi connectivity index (χ4v) is 1.87.